The average Bonchev–Trinajstić information content (AvgIpc) is 2.44. The lowest BCUT2D eigenvalue weighted by Crippen LogP contribution is -2.13. The second-order valence-corrected chi connectivity index (χ2v) is 3.90. The molecule has 0 aromatic carbocycles. The van der Waals surface area contributed by atoms with Crippen molar-refractivity contribution >= 4 is 11.8 Å². The molecule has 0 aliphatic carbocycles. The summed E-state index contributed by atoms with van der Waals surface area (Å²) in [5, 5.41) is 2.28. The summed E-state index contributed by atoms with van der Waals surface area (Å²) >= 11 is 1.73. The molecule has 74 valence electrons. The summed E-state index contributed by atoms with van der Waals surface area (Å²) in [5.41, 5.74) is 6.24. The fourth-order valence-electron chi connectivity index (χ4n) is 1.10. The van der Waals surface area contributed by atoms with Crippen molar-refractivity contribution in [2.45, 2.75) is 19.4 Å². The minimum Gasteiger partial charge on any atom is -0.382 e. The Morgan fingerprint density at radius 2 is 2.38 bits per heavy atom. The van der Waals surface area contributed by atoms with Gasteiger partial charge >= 0.3 is 0 Å². The Hall–Kier alpha value is -0.680. The highest BCUT2D eigenvalue weighted by atomic mass is 32.2. The molecule has 0 saturated heterocycles. The van der Waals surface area contributed by atoms with Gasteiger partial charge in [-0.2, -0.15) is 16.9 Å². The minimum absolute atomic E-state index is 0.175. The molecule has 0 aliphatic heterocycles. The van der Waals surface area contributed by atoms with E-state index in [1.807, 2.05) is 6.26 Å². The number of thioether (sulfide) groups is 1. The smallest absolute Gasteiger partial charge is 0.283 e. The first-order valence-electron chi connectivity index (χ1n) is 4.09. The van der Waals surface area contributed by atoms with E-state index in [0.29, 0.717) is 11.3 Å². The molecule has 1 aromatic rings. The molecular formula is C8H14N2O2S. The first-order valence-corrected chi connectivity index (χ1v) is 5.48. The van der Waals surface area contributed by atoms with Gasteiger partial charge in [0, 0.05) is 0 Å². The topological polar surface area (TPSA) is 72.0 Å². The highest BCUT2D eigenvalue weighted by Crippen LogP contribution is 2.16. The quantitative estimate of drug-likeness (QED) is 0.765. The zero-order valence-electron chi connectivity index (χ0n) is 7.79. The molecule has 0 aliphatic rings. The van der Waals surface area contributed by atoms with Gasteiger partial charge in [0.05, 0.1) is 11.6 Å². The van der Waals surface area contributed by atoms with E-state index in [1.54, 1.807) is 18.7 Å². The molecule has 0 unspecified atom stereocenters. The van der Waals surface area contributed by atoms with Crippen LogP contribution in [0.15, 0.2) is 9.32 Å². The van der Waals surface area contributed by atoms with Gasteiger partial charge in [0.2, 0.25) is 0 Å². The van der Waals surface area contributed by atoms with Crippen molar-refractivity contribution in [3.63, 3.8) is 0 Å². The number of rotatable bonds is 4. The van der Waals surface area contributed by atoms with Gasteiger partial charge in [-0.15, -0.1) is 0 Å². The highest BCUT2D eigenvalue weighted by molar-refractivity contribution is 7.98. The largest absolute Gasteiger partial charge is 0.382 e. The zero-order valence-corrected chi connectivity index (χ0v) is 8.61. The number of nitrogens with two attached hydrogens (primary N) is 1. The molecule has 1 aromatic heterocycles. The van der Waals surface area contributed by atoms with Gasteiger partial charge in [0.25, 0.3) is 5.56 Å². The molecule has 5 heteroatoms. The van der Waals surface area contributed by atoms with Crippen LogP contribution in [-0.4, -0.2) is 17.2 Å². The van der Waals surface area contributed by atoms with Crippen molar-refractivity contribution in [3.8, 4) is 0 Å². The average molecular weight is 202 g/mol. The Balaban J connectivity index is 2.71. The Kier molecular flexibility index (Phi) is 3.62. The number of nitrogens with one attached hydrogen (secondary N) is 1. The van der Waals surface area contributed by atoms with Crippen LogP contribution in [0.5, 0.6) is 0 Å². The van der Waals surface area contributed by atoms with Gasteiger partial charge in [0.15, 0.2) is 5.76 Å². The number of H-pyrrole nitrogens is 1. The van der Waals surface area contributed by atoms with Gasteiger partial charge in [-0.25, -0.2) is 0 Å². The summed E-state index contributed by atoms with van der Waals surface area (Å²) < 4.78 is 4.98. The normalized spacial score (nSPS) is 13.2. The summed E-state index contributed by atoms with van der Waals surface area (Å²) in [6.45, 7) is 1.72. The monoisotopic (exact) mass is 202 g/mol. The van der Waals surface area contributed by atoms with Crippen LogP contribution in [0.2, 0.25) is 0 Å². The van der Waals surface area contributed by atoms with E-state index in [-0.39, 0.29) is 11.6 Å². The Labute approximate surface area is 80.8 Å². The lowest BCUT2D eigenvalue weighted by Gasteiger charge is -2.06. The third-order valence-electron chi connectivity index (χ3n) is 1.93. The number of hydrogen-bond acceptors (Lipinski definition) is 4. The molecule has 0 fully saturated rings. The van der Waals surface area contributed by atoms with E-state index in [0.717, 1.165) is 12.2 Å². The van der Waals surface area contributed by atoms with Gasteiger partial charge in [-0.05, 0) is 25.4 Å². The van der Waals surface area contributed by atoms with Crippen molar-refractivity contribution in [3.05, 3.63) is 21.7 Å². The van der Waals surface area contributed by atoms with E-state index in [1.165, 1.54) is 0 Å². The minimum atomic E-state index is -0.186. The second kappa shape index (κ2) is 4.53. The van der Waals surface area contributed by atoms with Crippen molar-refractivity contribution < 1.29 is 4.52 Å². The maximum absolute atomic E-state index is 11.0. The predicted molar refractivity (Wildman–Crippen MR) is 54.0 cm³/mol. The van der Waals surface area contributed by atoms with E-state index in [2.05, 4.69) is 5.16 Å². The van der Waals surface area contributed by atoms with Gasteiger partial charge in [0.1, 0.15) is 0 Å². The van der Waals surface area contributed by atoms with Crippen LogP contribution in [0.4, 0.5) is 0 Å². The third-order valence-corrected chi connectivity index (χ3v) is 2.58. The lowest BCUT2D eigenvalue weighted by atomic mass is 10.1. The first kappa shape index (κ1) is 10.4. The van der Waals surface area contributed by atoms with Crippen molar-refractivity contribution in [1.82, 2.24) is 5.16 Å². The van der Waals surface area contributed by atoms with Gasteiger partial charge in [-0.3, -0.25) is 4.79 Å². The summed E-state index contributed by atoms with van der Waals surface area (Å²) in [6, 6.07) is -0.175. The van der Waals surface area contributed by atoms with E-state index in [9.17, 15) is 4.79 Å². The second-order valence-electron chi connectivity index (χ2n) is 2.91. The molecule has 4 nitrogen and oxygen atoms in total. The van der Waals surface area contributed by atoms with Crippen LogP contribution in [0.1, 0.15) is 23.8 Å². The molecule has 0 radical (unpaired) electrons. The molecule has 0 saturated carbocycles. The molecule has 1 atom stereocenters. The number of hydrogen-bond donors (Lipinski definition) is 2. The summed E-state index contributed by atoms with van der Waals surface area (Å²) in [4.78, 5) is 11.0. The summed E-state index contributed by atoms with van der Waals surface area (Å²) in [7, 11) is 0. The van der Waals surface area contributed by atoms with Gasteiger partial charge < -0.3 is 10.3 Å². The van der Waals surface area contributed by atoms with Crippen molar-refractivity contribution in [1.29, 1.82) is 0 Å². The molecule has 0 bridgehead atoms. The zero-order chi connectivity index (χ0) is 9.84. The van der Waals surface area contributed by atoms with Crippen molar-refractivity contribution in [2.24, 2.45) is 5.73 Å². The Morgan fingerprint density at radius 1 is 1.69 bits per heavy atom. The Morgan fingerprint density at radius 3 is 2.85 bits per heavy atom. The molecule has 1 rings (SSSR count). The number of aromatic amines is 1. The van der Waals surface area contributed by atoms with Crippen LogP contribution in [-0.2, 0) is 0 Å². The van der Waals surface area contributed by atoms with E-state index in [4.69, 9.17) is 10.3 Å². The molecule has 13 heavy (non-hydrogen) atoms. The van der Waals surface area contributed by atoms with Crippen molar-refractivity contribution in [2.75, 3.05) is 12.0 Å². The van der Waals surface area contributed by atoms with E-state index >= 15 is 0 Å². The number of aromatic nitrogens is 1. The summed E-state index contributed by atoms with van der Waals surface area (Å²) in [6.07, 6.45) is 2.84. The summed E-state index contributed by atoms with van der Waals surface area (Å²) in [5.74, 6) is 1.55. The standard InChI is InChI=1S/C8H14N2O2S/c1-5-7(12-10-8(5)11)6(9)3-4-13-2/h6H,3-4,9H2,1-2H3,(H,10,11)/t6-/m0/s1. The van der Waals surface area contributed by atoms with Crippen LogP contribution in [0.25, 0.3) is 0 Å². The van der Waals surface area contributed by atoms with E-state index < -0.39 is 0 Å². The molecular weight excluding hydrogens is 188 g/mol. The van der Waals surface area contributed by atoms with Gasteiger partial charge in [-0.1, -0.05) is 0 Å². The Bertz CT molecular complexity index is 318. The SMILES string of the molecule is CSCC[C@H](N)c1o[nH]c(=O)c1C. The molecule has 0 spiro atoms. The lowest BCUT2D eigenvalue weighted by molar-refractivity contribution is 0.354. The maximum atomic E-state index is 11.0. The van der Waals surface area contributed by atoms with Crippen LogP contribution >= 0.6 is 11.8 Å². The molecule has 1 heterocycles. The maximum Gasteiger partial charge on any atom is 0.283 e. The fourth-order valence-corrected chi connectivity index (χ4v) is 1.59. The fraction of sp³-hybridized carbons (Fsp3) is 0.625. The predicted octanol–water partition coefficient (Wildman–Crippen LogP) is 1.03. The third kappa shape index (κ3) is 2.38. The molecule has 3 N–H and O–H groups in total. The first-order chi connectivity index (χ1) is 6.16. The van der Waals surface area contributed by atoms with Crippen LogP contribution < -0.4 is 11.3 Å². The van der Waals surface area contributed by atoms with Crippen LogP contribution in [0.3, 0.4) is 0 Å². The molecule has 0 amide bonds. The highest BCUT2D eigenvalue weighted by Gasteiger charge is 2.15. The van der Waals surface area contributed by atoms with Crippen LogP contribution in [0, 0.1) is 6.92 Å².